The maximum atomic E-state index is 11.3. The van der Waals surface area contributed by atoms with Crippen LogP contribution in [0.4, 0.5) is 0 Å². The Morgan fingerprint density at radius 2 is 1.75 bits per heavy atom. The summed E-state index contributed by atoms with van der Waals surface area (Å²) in [5.74, 6) is -0.826. The first-order valence-corrected chi connectivity index (χ1v) is 4.43. The Kier molecular flexibility index (Phi) is 3.77. The molecule has 84 valence electrons. The quantitative estimate of drug-likeness (QED) is 0.409. The summed E-state index contributed by atoms with van der Waals surface area (Å²) in [4.78, 5) is 32.9. The summed E-state index contributed by atoms with van der Waals surface area (Å²) in [6.45, 7) is 0. The average Bonchev–Trinajstić information content (AvgIpc) is 2.36. The molecule has 0 saturated carbocycles. The number of aldehydes is 2. The van der Waals surface area contributed by atoms with Crippen LogP contribution >= 0.6 is 0 Å². The molecule has 0 atom stereocenters. The van der Waals surface area contributed by atoms with E-state index in [-0.39, 0.29) is 18.3 Å². The number of methoxy groups -OCH3 is 1. The second-order valence-electron chi connectivity index (χ2n) is 2.94. The van der Waals surface area contributed by atoms with Gasteiger partial charge in [0.25, 0.3) is 0 Å². The summed E-state index contributed by atoms with van der Waals surface area (Å²) in [5.41, 5.74) is -2.23. The molecule has 0 radical (unpaired) electrons. The smallest absolute Gasteiger partial charge is 0.365 e. The lowest BCUT2D eigenvalue weighted by Gasteiger charge is -2.20. The number of ether oxygens (including phenoxy) is 2. The summed E-state index contributed by atoms with van der Waals surface area (Å²) < 4.78 is 9.39. The summed E-state index contributed by atoms with van der Waals surface area (Å²) >= 11 is 0. The number of hydrogen-bond donors (Lipinski definition) is 0. The molecular weight excluding hydrogens is 212 g/mol. The molecular formula is C11H10O5. The van der Waals surface area contributed by atoms with E-state index in [0.717, 1.165) is 7.11 Å². The molecule has 0 unspecified atom stereocenters. The van der Waals surface area contributed by atoms with Gasteiger partial charge in [-0.2, -0.15) is 0 Å². The standard InChI is InChI=1S/C11H10O5/c1-15-10(14)11(7-12,8-13)16-9-5-3-2-4-6-9/h2-8H,1H3. The van der Waals surface area contributed by atoms with E-state index in [1.54, 1.807) is 18.2 Å². The molecule has 0 spiro atoms. The van der Waals surface area contributed by atoms with Gasteiger partial charge in [0.1, 0.15) is 5.75 Å². The fourth-order valence-corrected chi connectivity index (χ4v) is 1.06. The van der Waals surface area contributed by atoms with Crippen LogP contribution in [0.25, 0.3) is 0 Å². The zero-order valence-electron chi connectivity index (χ0n) is 8.58. The second-order valence-corrected chi connectivity index (χ2v) is 2.94. The van der Waals surface area contributed by atoms with Gasteiger partial charge < -0.3 is 9.47 Å². The lowest BCUT2D eigenvalue weighted by atomic mass is 10.1. The lowest BCUT2D eigenvalue weighted by molar-refractivity contribution is -0.161. The molecule has 0 aliphatic rings. The summed E-state index contributed by atoms with van der Waals surface area (Å²) in [6.07, 6.45) is 0.220. The third kappa shape index (κ3) is 2.25. The van der Waals surface area contributed by atoms with E-state index in [4.69, 9.17) is 4.74 Å². The molecule has 0 aliphatic heterocycles. The van der Waals surface area contributed by atoms with E-state index < -0.39 is 11.6 Å². The van der Waals surface area contributed by atoms with Gasteiger partial charge in [-0.3, -0.25) is 9.59 Å². The van der Waals surface area contributed by atoms with Gasteiger partial charge in [0.2, 0.25) is 0 Å². The topological polar surface area (TPSA) is 69.7 Å². The maximum Gasteiger partial charge on any atom is 0.365 e. The highest BCUT2D eigenvalue weighted by molar-refractivity contribution is 6.12. The number of rotatable bonds is 5. The van der Waals surface area contributed by atoms with Crippen LogP contribution in [-0.2, 0) is 19.1 Å². The maximum absolute atomic E-state index is 11.3. The zero-order chi connectivity index (χ0) is 12.0. The third-order valence-electron chi connectivity index (χ3n) is 1.88. The third-order valence-corrected chi connectivity index (χ3v) is 1.88. The van der Waals surface area contributed by atoms with E-state index in [1.165, 1.54) is 12.1 Å². The van der Waals surface area contributed by atoms with Crippen molar-refractivity contribution in [2.24, 2.45) is 0 Å². The van der Waals surface area contributed by atoms with Crippen LogP contribution in [0.1, 0.15) is 0 Å². The van der Waals surface area contributed by atoms with E-state index in [2.05, 4.69) is 4.74 Å². The first kappa shape index (κ1) is 11.9. The molecule has 16 heavy (non-hydrogen) atoms. The molecule has 0 aromatic heterocycles. The molecule has 5 heteroatoms. The predicted molar refractivity (Wildman–Crippen MR) is 53.9 cm³/mol. The fourth-order valence-electron chi connectivity index (χ4n) is 1.06. The fraction of sp³-hybridized carbons (Fsp3) is 0.182. The van der Waals surface area contributed by atoms with Crippen LogP contribution in [0.5, 0.6) is 5.75 Å². The minimum atomic E-state index is -2.23. The van der Waals surface area contributed by atoms with Crippen molar-refractivity contribution in [3.8, 4) is 5.75 Å². The van der Waals surface area contributed by atoms with Crippen molar-refractivity contribution in [3.05, 3.63) is 30.3 Å². The van der Waals surface area contributed by atoms with Crippen LogP contribution < -0.4 is 4.74 Å². The highest BCUT2D eigenvalue weighted by Crippen LogP contribution is 2.16. The molecule has 0 heterocycles. The second kappa shape index (κ2) is 5.06. The predicted octanol–water partition coefficient (Wildman–Crippen LogP) is 0.375. The number of carbonyl (C=O) groups excluding carboxylic acids is 3. The molecule has 1 aromatic carbocycles. The Morgan fingerprint density at radius 3 is 2.19 bits per heavy atom. The van der Waals surface area contributed by atoms with Crippen molar-refractivity contribution in [3.63, 3.8) is 0 Å². The van der Waals surface area contributed by atoms with Crippen LogP contribution in [0.15, 0.2) is 30.3 Å². The molecule has 0 N–H and O–H groups in total. The Bertz CT molecular complexity index is 377. The van der Waals surface area contributed by atoms with E-state index in [9.17, 15) is 14.4 Å². The van der Waals surface area contributed by atoms with Crippen LogP contribution in [0.2, 0.25) is 0 Å². The van der Waals surface area contributed by atoms with E-state index >= 15 is 0 Å². The van der Waals surface area contributed by atoms with Crippen LogP contribution in [-0.4, -0.2) is 31.3 Å². The van der Waals surface area contributed by atoms with Gasteiger partial charge in [-0.25, -0.2) is 4.79 Å². The highest BCUT2D eigenvalue weighted by Gasteiger charge is 2.42. The Morgan fingerprint density at radius 1 is 1.19 bits per heavy atom. The molecule has 1 aromatic rings. The Labute approximate surface area is 92.0 Å². The number of hydrogen-bond acceptors (Lipinski definition) is 5. The average molecular weight is 222 g/mol. The zero-order valence-corrected chi connectivity index (χ0v) is 8.58. The number of para-hydroxylation sites is 1. The largest absolute Gasteiger partial charge is 0.465 e. The molecule has 0 fully saturated rings. The minimum absolute atomic E-state index is 0.110. The van der Waals surface area contributed by atoms with Gasteiger partial charge in [-0.15, -0.1) is 0 Å². The number of benzene rings is 1. The van der Waals surface area contributed by atoms with E-state index in [1.807, 2.05) is 0 Å². The van der Waals surface area contributed by atoms with Crippen molar-refractivity contribution in [2.75, 3.05) is 7.11 Å². The lowest BCUT2D eigenvalue weighted by Crippen LogP contribution is -2.48. The highest BCUT2D eigenvalue weighted by atomic mass is 16.6. The van der Waals surface area contributed by atoms with Gasteiger partial charge in [-0.05, 0) is 12.1 Å². The van der Waals surface area contributed by atoms with Gasteiger partial charge in [0.05, 0.1) is 7.11 Å². The SMILES string of the molecule is COC(=O)C(C=O)(C=O)Oc1ccccc1. The summed E-state index contributed by atoms with van der Waals surface area (Å²) in [5, 5.41) is 0. The van der Waals surface area contributed by atoms with Gasteiger partial charge in [0, 0.05) is 0 Å². The van der Waals surface area contributed by atoms with Crippen molar-refractivity contribution in [2.45, 2.75) is 5.60 Å². The summed E-state index contributed by atoms with van der Waals surface area (Å²) in [7, 11) is 1.07. The minimum Gasteiger partial charge on any atom is -0.465 e. The van der Waals surface area contributed by atoms with Crippen molar-refractivity contribution >= 4 is 18.5 Å². The van der Waals surface area contributed by atoms with E-state index in [0.29, 0.717) is 0 Å². The van der Waals surface area contributed by atoms with Gasteiger partial charge in [-0.1, -0.05) is 18.2 Å². The van der Waals surface area contributed by atoms with Crippen LogP contribution in [0, 0.1) is 0 Å². The van der Waals surface area contributed by atoms with Crippen molar-refractivity contribution in [1.29, 1.82) is 0 Å². The monoisotopic (exact) mass is 222 g/mol. The number of esters is 1. The molecule has 0 bridgehead atoms. The van der Waals surface area contributed by atoms with Crippen molar-refractivity contribution < 1.29 is 23.9 Å². The van der Waals surface area contributed by atoms with Gasteiger partial charge in [0.15, 0.2) is 12.6 Å². The first-order chi connectivity index (χ1) is 7.68. The Balaban J connectivity index is 3.00. The molecule has 1 rings (SSSR count). The Hall–Kier alpha value is -2.17. The normalized spacial score (nSPS) is 10.3. The van der Waals surface area contributed by atoms with Crippen LogP contribution in [0.3, 0.4) is 0 Å². The molecule has 0 aliphatic carbocycles. The van der Waals surface area contributed by atoms with Gasteiger partial charge >= 0.3 is 11.6 Å². The number of carbonyl (C=O) groups is 3. The summed E-state index contributed by atoms with van der Waals surface area (Å²) in [6, 6.07) is 8.06. The molecule has 0 saturated heterocycles. The first-order valence-electron chi connectivity index (χ1n) is 4.43. The molecule has 0 amide bonds. The molecule has 5 nitrogen and oxygen atoms in total. The van der Waals surface area contributed by atoms with Crippen molar-refractivity contribution in [1.82, 2.24) is 0 Å².